The minimum atomic E-state index is -0.853. The third-order valence-electron chi connectivity index (χ3n) is 4.39. The average Bonchev–Trinajstić information content (AvgIpc) is 3.03. The maximum Gasteiger partial charge on any atom is 0.348 e. The van der Waals surface area contributed by atoms with Gasteiger partial charge in [0.15, 0.2) is 0 Å². The second-order valence-electron chi connectivity index (χ2n) is 6.92. The molecule has 0 fully saturated rings. The van der Waals surface area contributed by atoms with Crippen LogP contribution in [0.4, 0.5) is 0 Å². The van der Waals surface area contributed by atoms with Crippen molar-refractivity contribution in [1.29, 1.82) is 0 Å². The first-order valence-electron chi connectivity index (χ1n) is 9.21. The number of nitrogens with zero attached hydrogens (tertiary/aromatic N) is 2. The van der Waals surface area contributed by atoms with E-state index < -0.39 is 23.5 Å². The maximum absolute atomic E-state index is 13.0. The highest BCUT2D eigenvalue weighted by molar-refractivity contribution is 7.20. The van der Waals surface area contributed by atoms with Crippen molar-refractivity contribution in [3.8, 4) is 0 Å². The lowest BCUT2D eigenvalue weighted by Gasteiger charge is -2.14. The molecule has 1 aromatic carbocycles. The van der Waals surface area contributed by atoms with E-state index in [9.17, 15) is 14.4 Å². The summed E-state index contributed by atoms with van der Waals surface area (Å²) in [6.45, 7) is 6.90. The first kappa shape index (κ1) is 20.7. The number of benzene rings is 1. The Bertz CT molecular complexity index is 1100. The number of thiophene rings is 1. The van der Waals surface area contributed by atoms with Crippen LogP contribution in [-0.4, -0.2) is 27.6 Å². The average molecular weight is 414 g/mol. The molecule has 152 valence electrons. The molecule has 2 aromatic heterocycles. The normalized spacial score (nSPS) is 12.2. The SMILES string of the molecule is Cc1c(C(=O)OC(C)C)sc2ncn(C(C)C(=O)OCc3ccccc3)c(=O)c12. The smallest absolute Gasteiger partial charge is 0.348 e. The molecule has 3 aromatic rings. The number of aromatic nitrogens is 2. The van der Waals surface area contributed by atoms with Gasteiger partial charge in [-0.2, -0.15) is 0 Å². The van der Waals surface area contributed by atoms with Gasteiger partial charge in [-0.15, -0.1) is 11.3 Å². The molecule has 7 nitrogen and oxygen atoms in total. The lowest BCUT2D eigenvalue weighted by atomic mass is 10.2. The molecule has 3 rings (SSSR count). The van der Waals surface area contributed by atoms with Crippen LogP contribution in [0.25, 0.3) is 10.2 Å². The molecular weight excluding hydrogens is 392 g/mol. The second-order valence-corrected chi connectivity index (χ2v) is 7.92. The molecule has 0 radical (unpaired) electrons. The number of carbonyl (C=O) groups excluding carboxylic acids is 2. The van der Waals surface area contributed by atoms with Crippen LogP contribution in [0.5, 0.6) is 0 Å². The van der Waals surface area contributed by atoms with Crippen LogP contribution in [0.3, 0.4) is 0 Å². The monoisotopic (exact) mass is 414 g/mol. The number of hydrogen-bond acceptors (Lipinski definition) is 7. The highest BCUT2D eigenvalue weighted by atomic mass is 32.1. The van der Waals surface area contributed by atoms with Crippen molar-refractivity contribution >= 4 is 33.5 Å². The fourth-order valence-electron chi connectivity index (χ4n) is 2.84. The molecule has 0 saturated heterocycles. The highest BCUT2D eigenvalue weighted by Crippen LogP contribution is 2.28. The van der Waals surface area contributed by atoms with Gasteiger partial charge in [0.1, 0.15) is 22.4 Å². The molecule has 29 heavy (non-hydrogen) atoms. The van der Waals surface area contributed by atoms with E-state index in [1.54, 1.807) is 27.7 Å². The van der Waals surface area contributed by atoms with E-state index in [0.29, 0.717) is 20.7 Å². The second kappa shape index (κ2) is 8.57. The molecule has 0 amide bonds. The van der Waals surface area contributed by atoms with Gasteiger partial charge in [-0.3, -0.25) is 9.36 Å². The Morgan fingerprint density at radius 1 is 1.17 bits per heavy atom. The molecule has 0 N–H and O–H groups in total. The Morgan fingerprint density at radius 2 is 1.86 bits per heavy atom. The van der Waals surface area contributed by atoms with Crippen molar-refractivity contribution in [3.05, 3.63) is 63.0 Å². The fourth-order valence-corrected chi connectivity index (χ4v) is 3.86. The van der Waals surface area contributed by atoms with Crippen LogP contribution in [0.1, 0.15) is 47.6 Å². The van der Waals surface area contributed by atoms with Gasteiger partial charge in [-0.05, 0) is 38.8 Å². The van der Waals surface area contributed by atoms with Crippen molar-refractivity contribution in [2.75, 3.05) is 0 Å². The predicted octanol–water partition coefficient (Wildman–Crippen LogP) is 3.64. The zero-order valence-electron chi connectivity index (χ0n) is 16.7. The van der Waals surface area contributed by atoms with Crippen LogP contribution in [0.15, 0.2) is 41.5 Å². The van der Waals surface area contributed by atoms with E-state index in [2.05, 4.69) is 4.98 Å². The van der Waals surface area contributed by atoms with Gasteiger partial charge in [0.05, 0.1) is 17.8 Å². The lowest BCUT2D eigenvalue weighted by molar-refractivity contribution is -0.148. The Hall–Kier alpha value is -3.00. The summed E-state index contributed by atoms with van der Waals surface area (Å²) in [5.74, 6) is -1.02. The van der Waals surface area contributed by atoms with Crippen LogP contribution in [-0.2, 0) is 20.9 Å². The summed E-state index contributed by atoms with van der Waals surface area (Å²) in [6, 6.07) is 8.44. The minimum absolute atomic E-state index is 0.122. The summed E-state index contributed by atoms with van der Waals surface area (Å²) in [5, 5.41) is 0.316. The fraction of sp³-hybridized carbons (Fsp3) is 0.333. The zero-order valence-corrected chi connectivity index (χ0v) is 17.5. The van der Waals surface area contributed by atoms with Crippen LogP contribution < -0.4 is 5.56 Å². The van der Waals surface area contributed by atoms with Crippen molar-refractivity contribution in [2.24, 2.45) is 0 Å². The predicted molar refractivity (Wildman–Crippen MR) is 110 cm³/mol. The molecule has 1 atom stereocenters. The van der Waals surface area contributed by atoms with Gasteiger partial charge in [0, 0.05) is 0 Å². The van der Waals surface area contributed by atoms with E-state index >= 15 is 0 Å². The molecule has 1 unspecified atom stereocenters. The molecule has 8 heteroatoms. The molecular formula is C21H22N2O5S. The summed E-state index contributed by atoms with van der Waals surface area (Å²) in [4.78, 5) is 42.8. The van der Waals surface area contributed by atoms with Crippen LogP contribution in [0, 0.1) is 6.92 Å². The van der Waals surface area contributed by atoms with Gasteiger partial charge >= 0.3 is 11.9 Å². The Morgan fingerprint density at radius 3 is 2.52 bits per heavy atom. The molecule has 0 saturated carbocycles. The molecule has 0 spiro atoms. The summed E-state index contributed by atoms with van der Waals surface area (Å²) >= 11 is 1.11. The zero-order chi connectivity index (χ0) is 21.1. The number of esters is 2. The first-order chi connectivity index (χ1) is 13.8. The summed E-state index contributed by atoms with van der Waals surface area (Å²) in [7, 11) is 0. The third-order valence-corrected chi connectivity index (χ3v) is 5.57. The lowest BCUT2D eigenvalue weighted by Crippen LogP contribution is -2.29. The number of carbonyl (C=O) groups is 2. The first-order valence-corrected chi connectivity index (χ1v) is 10.0. The van der Waals surface area contributed by atoms with E-state index in [4.69, 9.17) is 9.47 Å². The number of hydrogen-bond donors (Lipinski definition) is 0. The molecule has 0 aliphatic carbocycles. The van der Waals surface area contributed by atoms with E-state index in [0.717, 1.165) is 16.9 Å². The number of aryl methyl sites for hydroxylation is 1. The standard InChI is InChI=1S/C21H22N2O5S/c1-12(2)28-21(26)17-13(3)16-18(29-17)22-11-23(19(16)24)14(4)20(25)27-10-15-8-6-5-7-9-15/h5-9,11-12,14H,10H2,1-4H3. The maximum atomic E-state index is 13.0. The quantitative estimate of drug-likeness (QED) is 0.573. The van der Waals surface area contributed by atoms with E-state index in [-0.39, 0.29) is 12.7 Å². The number of ether oxygens (including phenoxy) is 2. The number of fused-ring (bicyclic) bond motifs is 1. The molecule has 2 heterocycles. The Labute approximate surface area is 171 Å². The number of rotatable bonds is 6. The van der Waals surface area contributed by atoms with E-state index in [1.165, 1.54) is 10.9 Å². The molecule has 0 bridgehead atoms. The summed E-state index contributed by atoms with van der Waals surface area (Å²) in [6.07, 6.45) is 1.04. The topological polar surface area (TPSA) is 87.5 Å². The third kappa shape index (κ3) is 4.37. The summed E-state index contributed by atoms with van der Waals surface area (Å²) < 4.78 is 11.8. The van der Waals surface area contributed by atoms with Crippen molar-refractivity contribution < 1.29 is 19.1 Å². The molecule has 0 aliphatic rings. The minimum Gasteiger partial charge on any atom is -0.459 e. The van der Waals surface area contributed by atoms with Crippen LogP contribution >= 0.6 is 11.3 Å². The van der Waals surface area contributed by atoms with Gasteiger partial charge in [-0.25, -0.2) is 14.6 Å². The van der Waals surface area contributed by atoms with Gasteiger partial charge < -0.3 is 9.47 Å². The van der Waals surface area contributed by atoms with Crippen molar-refractivity contribution in [2.45, 2.75) is 46.4 Å². The van der Waals surface area contributed by atoms with Crippen LogP contribution in [0.2, 0.25) is 0 Å². The largest absolute Gasteiger partial charge is 0.459 e. The van der Waals surface area contributed by atoms with Gasteiger partial charge in [0.2, 0.25) is 0 Å². The van der Waals surface area contributed by atoms with Gasteiger partial charge in [0.25, 0.3) is 5.56 Å². The summed E-state index contributed by atoms with van der Waals surface area (Å²) in [5.41, 5.74) is 0.972. The molecule has 0 aliphatic heterocycles. The van der Waals surface area contributed by atoms with E-state index in [1.807, 2.05) is 30.3 Å². The van der Waals surface area contributed by atoms with Gasteiger partial charge in [-0.1, -0.05) is 30.3 Å². The van der Waals surface area contributed by atoms with Crippen molar-refractivity contribution in [3.63, 3.8) is 0 Å². The Kier molecular flexibility index (Phi) is 6.12. The Balaban J connectivity index is 1.87. The van der Waals surface area contributed by atoms with Crippen molar-refractivity contribution in [1.82, 2.24) is 9.55 Å². The highest BCUT2D eigenvalue weighted by Gasteiger charge is 2.24.